The number of nitrogens with zero attached hydrogens (tertiary/aromatic N) is 3. The van der Waals surface area contributed by atoms with Gasteiger partial charge >= 0.3 is 0 Å². The standard InChI is InChI=1S/C15H22N4/c1-2-9-18(11-12-19-10-5-8-17-19)13-14-6-3-4-7-15(14)16/h3-8,10H,2,9,11-13,16H2,1H3. The summed E-state index contributed by atoms with van der Waals surface area (Å²) in [5, 5.41) is 4.24. The third-order valence-electron chi connectivity index (χ3n) is 3.19. The first-order chi connectivity index (χ1) is 9.29. The van der Waals surface area contributed by atoms with E-state index in [9.17, 15) is 0 Å². The molecule has 1 aromatic heterocycles. The zero-order chi connectivity index (χ0) is 13.5. The molecule has 4 nitrogen and oxygen atoms in total. The van der Waals surface area contributed by atoms with Gasteiger partial charge in [-0.25, -0.2) is 0 Å². The van der Waals surface area contributed by atoms with Gasteiger partial charge in [0.25, 0.3) is 0 Å². The van der Waals surface area contributed by atoms with Crippen molar-refractivity contribution in [1.29, 1.82) is 0 Å². The van der Waals surface area contributed by atoms with Crippen LogP contribution in [0.15, 0.2) is 42.7 Å². The summed E-state index contributed by atoms with van der Waals surface area (Å²) in [6.45, 7) is 6.09. The maximum atomic E-state index is 6.01. The molecule has 0 atom stereocenters. The maximum absolute atomic E-state index is 6.01. The quantitative estimate of drug-likeness (QED) is 0.776. The predicted octanol–water partition coefficient (Wildman–Crippen LogP) is 2.38. The number of nitrogens with two attached hydrogens (primary N) is 1. The van der Waals surface area contributed by atoms with Crippen molar-refractivity contribution in [3.63, 3.8) is 0 Å². The number of hydrogen-bond donors (Lipinski definition) is 1. The Morgan fingerprint density at radius 2 is 2.05 bits per heavy atom. The lowest BCUT2D eigenvalue weighted by molar-refractivity contribution is 0.251. The molecule has 1 aromatic carbocycles. The largest absolute Gasteiger partial charge is 0.398 e. The van der Waals surface area contributed by atoms with Gasteiger partial charge in [-0.1, -0.05) is 25.1 Å². The highest BCUT2D eigenvalue weighted by Crippen LogP contribution is 2.13. The van der Waals surface area contributed by atoms with Crippen LogP contribution in [-0.4, -0.2) is 27.8 Å². The summed E-state index contributed by atoms with van der Waals surface area (Å²) in [5.74, 6) is 0. The Morgan fingerprint density at radius 3 is 2.74 bits per heavy atom. The van der Waals surface area contributed by atoms with Crippen LogP contribution in [0, 0.1) is 0 Å². The molecule has 0 fully saturated rings. The topological polar surface area (TPSA) is 47.1 Å². The molecule has 19 heavy (non-hydrogen) atoms. The smallest absolute Gasteiger partial charge is 0.0536 e. The molecule has 0 bridgehead atoms. The van der Waals surface area contributed by atoms with Crippen molar-refractivity contribution in [3.05, 3.63) is 48.3 Å². The second-order valence-corrected chi connectivity index (χ2v) is 4.74. The van der Waals surface area contributed by atoms with Gasteiger partial charge in [-0.2, -0.15) is 5.10 Å². The Balaban J connectivity index is 1.94. The van der Waals surface area contributed by atoms with E-state index in [1.165, 1.54) is 5.56 Å². The molecule has 4 heteroatoms. The van der Waals surface area contributed by atoms with Gasteiger partial charge in [0.15, 0.2) is 0 Å². The van der Waals surface area contributed by atoms with Crippen LogP contribution < -0.4 is 5.73 Å². The van der Waals surface area contributed by atoms with E-state index in [0.29, 0.717) is 0 Å². The summed E-state index contributed by atoms with van der Waals surface area (Å²) in [7, 11) is 0. The molecule has 2 rings (SSSR count). The number of benzene rings is 1. The molecule has 0 aliphatic carbocycles. The lowest BCUT2D eigenvalue weighted by atomic mass is 10.1. The Morgan fingerprint density at radius 1 is 1.21 bits per heavy atom. The average molecular weight is 258 g/mol. The normalized spacial score (nSPS) is 11.1. The van der Waals surface area contributed by atoms with E-state index in [2.05, 4.69) is 23.0 Å². The SMILES string of the molecule is CCCN(CCn1cccn1)Cc1ccccc1N. The van der Waals surface area contributed by atoms with Crippen molar-refractivity contribution in [2.75, 3.05) is 18.8 Å². The van der Waals surface area contributed by atoms with Gasteiger partial charge in [0.05, 0.1) is 6.54 Å². The second-order valence-electron chi connectivity index (χ2n) is 4.74. The molecule has 0 saturated heterocycles. The third-order valence-corrected chi connectivity index (χ3v) is 3.19. The van der Waals surface area contributed by atoms with E-state index in [1.807, 2.05) is 41.3 Å². The molecule has 0 amide bonds. The summed E-state index contributed by atoms with van der Waals surface area (Å²) < 4.78 is 1.97. The summed E-state index contributed by atoms with van der Waals surface area (Å²) in [4.78, 5) is 2.42. The zero-order valence-corrected chi connectivity index (χ0v) is 11.5. The fraction of sp³-hybridized carbons (Fsp3) is 0.400. The molecule has 0 unspecified atom stereocenters. The Labute approximate surface area is 114 Å². The van der Waals surface area contributed by atoms with Crippen LogP contribution in [0.1, 0.15) is 18.9 Å². The molecule has 1 heterocycles. The number of rotatable bonds is 7. The number of para-hydroxylation sites is 1. The maximum Gasteiger partial charge on any atom is 0.0536 e. The van der Waals surface area contributed by atoms with E-state index in [1.54, 1.807) is 0 Å². The third kappa shape index (κ3) is 4.10. The van der Waals surface area contributed by atoms with Crippen LogP contribution in [0.2, 0.25) is 0 Å². The number of aromatic nitrogens is 2. The molecular weight excluding hydrogens is 236 g/mol. The van der Waals surface area contributed by atoms with Crippen molar-refractivity contribution in [3.8, 4) is 0 Å². The molecule has 0 saturated carbocycles. The van der Waals surface area contributed by atoms with Gasteiger partial charge in [-0.05, 0) is 30.7 Å². The molecule has 2 aromatic rings. The molecule has 0 aliphatic heterocycles. The van der Waals surface area contributed by atoms with Gasteiger partial charge < -0.3 is 5.73 Å². The molecule has 0 spiro atoms. The average Bonchev–Trinajstić information content (AvgIpc) is 2.92. The van der Waals surface area contributed by atoms with E-state index >= 15 is 0 Å². The summed E-state index contributed by atoms with van der Waals surface area (Å²) in [6.07, 6.45) is 4.96. The van der Waals surface area contributed by atoms with E-state index < -0.39 is 0 Å². The van der Waals surface area contributed by atoms with Crippen LogP contribution >= 0.6 is 0 Å². The van der Waals surface area contributed by atoms with Crippen molar-refractivity contribution in [2.45, 2.75) is 26.4 Å². The van der Waals surface area contributed by atoms with Crippen molar-refractivity contribution < 1.29 is 0 Å². The Hall–Kier alpha value is -1.81. The lowest BCUT2D eigenvalue weighted by Crippen LogP contribution is -2.28. The first-order valence-corrected chi connectivity index (χ1v) is 6.82. The minimum Gasteiger partial charge on any atom is -0.398 e. The fourth-order valence-electron chi connectivity index (χ4n) is 2.18. The molecule has 2 N–H and O–H groups in total. The monoisotopic (exact) mass is 258 g/mol. The highest BCUT2D eigenvalue weighted by Gasteiger charge is 2.07. The highest BCUT2D eigenvalue weighted by atomic mass is 15.3. The summed E-state index contributed by atoms with van der Waals surface area (Å²) in [6, 6.07) is 10.0. The van der Waals surface area contributed by atoms with Crippen LogP contribution in [0.25, 0.3) is 0 Å². The predicted molar refractivity (Wildman–Crippen MR) is 78.6 cm³/mol. The van der Waals surface area contributed by atoms with Gasteiger partial charge in [0.2, 0.25) is 0 Å². The number of anilines is 1. The van der Waals surface area contributed by atoms with Crippen molar-refractivity contribution >= 4 is 5.69 Å². The van der Waals surface area contributed by atoms with Crippen LogP contribution in [0.3, 0.4) is 0 Å². The first kappa shape index (κ1) is 13.6. The van der Waals surface area contributed by atoms with Gasteiger partial charge in [-0.15, -0.1) is 0 Å². The summed E-state index contributed by atoms with van der Waals surface area (Å²) >= 11 is 0. The van der Waals surface area contributed by atoms with Crippen LogP contribution in [0.5, 0.6) is 0 Å². The number of hydrogen-bond acceptors (Lipinski definition) is 3. The minimum absolute atomic E-state index is 0.877. The number of nitrogen functional groups attached to an aromatic ring is 1. The molecule has 102 valence electrons. The lowest BCUT2D eigenvalue weighted by Gasteiger charge is -2.22. The van der Waals surface area contributed by atoms with Gasteiger partial charge in [0.1, 0.15) is 0 Å². The van der Waals surface area contributed by atoms with Gasteiger partial charge in [0, 0.05) is 31.2 Å². The molecular formula is C15H22N4. The second kappa shape index (κ2) is 6.95. The zero-order valence-electron chi connectivity index (χ0n) is 11.5. The highest BCUT2D eigenvalue weighted by molar-refractivity contribution is 5.46. The Kier molecular flexibility index (Phi) is 4.98. The van der Waals surface area contributed by atoms with E-state index in [-0.39, 0.29) is 0 Å². The van der Waals surface area contributed by atoms with E-state index in [0.717, 1.165) is 38.3 Å². The van der Waals surface area contributed by atoms with Crippen LogP contribution in [0.4, 0.5) is 5.69 Å². The van der Waals surface area contributed by atoms with Crippen molar-refractivity contribution in [2.24, 2.45) is 0 Å². The first-order valence-electron chi connectivity index (χ1n) is 6.82. The van der Waals surface area contributed by atoms with Gasteiger partial charge in [-0.3, -0.25) is 9.58 Å². The molecule has 0 radical (unpaired) electrons. The summed E-state index contributed by atoms with van der Waals surface area (Å²) in [5.41, 5.74) is 8.09. The van der Waals surface area contributed by atoms with E-state index in [4.69, 9.17) is 5.73 Å². The van der Waals surface area contributed by atoms with Crippen LogP contribution in [-0.2, 0) is 13.1 Å². The molecule has 0 aliphatic rings. The fourth-order valence-corrected chi connectivity index (χ4v) is 2.18. The van der Waals surface area contributed by atoms with Crippen molar-refractivity contribution in [1.82, 2.24) is 14.7 Å². The Bertz CT molecular complexity index is 479. The minimum atomic E-state index is 0.877.